The number of nitrogens with zero attached hydrogens (tertiary/aromatic N) is 2. The van der Waals surface area contributed by atoms with Crippen molar-refractivity contribution in [3.63, 3.8) is 0 Å². The Bertz CT molecular complexity index is 756. The highest BCUT2D eigenvalue weighted by molar-refractivity contribution is 6.30. The molecule has 150 valence electrons. The van der Waals surface area contributed by atoms with E-state index in [1.165, 1.54) is 24.1 Å². The molecular formula is C22H28ClN3O2. The minimum absolute atomic E-state index is 0.00603. The molecule has 0 saturated carbocycles. The highest BCUT2D eigenvalue weighted by Gasteiger charge is 2.24. The number of hydrogen-bond donors (Lipinski definition) is 1. The van der Waals surface area contributed by atoms with Gasteiger partial charge in [-0.2, -0.15) is 0 Å². The summed E-state index contributed by atoms with van der Waals surface area (Å²) in [6, 6.07) is 15.8. The van der Waals surface area contributed by atoms with E-state index in [1.54, 1.807) is 24.3 Å². The van der Waals surface area contributed by atoms with Gasteiger partial charge in [0.1, 0.15) is 5.75 Å². The molecule has 1 amide bonds. The third kappa shape index (κ3) is 5.63. The molecule has 2 aromatic carbocycles. The molecule has 3 rings (SSSR count). The minimum Gasteiger partial charge on any atom is -0.484 e. The predicted octanol–water partition coefficient (Wildman–Crippen LogP) is 3.74. The first kappa shape index (κ1) is 20.5. The molecule has 1 heterocycles. The van der Waals surface area contributed by atoms with E-state index in [0.29, 0.717) is 17.3 Å². The minimum atomic E-state index is -0.121. The van der Waals surface area contributed by atoms with Gasteiger partial charge in [-0.3, -0.25) is 9.69 Å². The molecule has 2 aromatic rings. The fourth-order valence-electron chi connectivity index (χ4n) is 3.45. The summed E-state index contributed by atoms with van der Waals surface area (Å²) in [4.78, 5) is 16.8. The number of nitrogens with one attached hydrogen (secondary N) is 1. The van der Waals surface area contributed by atoms with E-state index in [1.807, 2.05) is 14.1 Å². The molecule has 0 bridgehead atoms. The van der Waals surface area contributed by atoms with Gasteiger partial charge in [0.25, 0.3) is 5.91 Å². The van der Waals surface area contributed by atoms with Crippen molar-refractivity contribution >= 4 is 23.2 Å². The Morgan fingerprint density at radius 1 is 1.11 bits per heavy atom. The quantitative estimate of drug-likeness (QED) is 0.731. The number of amides is 1. The average Bonchev–Trinajstić information content (AvgIpc) is 3.22. The summed E-state index contributed by atoms with van der Waals surface area (Å²) >= 11 is 5.86. The lowest BCUT2D eigenvalue weighted by atomic mass is 10.0. The molecule has 0 unspecified atom stereocenters. The van der Waals surface area contributed by atoms with Gasteiger partial charge in [-0.05, 0) is 67.9 Å². The van der Waals surface area contributed by atoms with Crippen LogP contribution in [-0.4, -0.2) is 51.1 Å². The normalized spacial score (nSPS) is 15.2. The second kappa shape index (κ2) is 9.80. The van der Waals surface area contributed by atoms with Crippen molar-refractivity contribution in [2.45, 2.75) is 18.9 Å². The zero-order valence-corrected chi connectivity index (χ0v) is 17.3. The van der Waals surface area contributed by atoms with Crippen molar-refractivity contribution in [2.24, 2.45) is 0 Å². The second-order valence-corrected chi connectivity index (χ2v) is 7.73. The Morgan fingerprint density at radius 3 is 2.36 bits per heavy atom. The number of benzene rings is 2. The maximum absolute atomic E-state index is 12.3. The molecule has 1 N–H and O–H groups in total. The summed E-state index contributed by atoms with van der Waals surface area (Å²) < 4.78 is 5.54. The van der Waals surface area contributed by atoms with E-state index >= 15 is 0 Å². The number of likely N-dealkylation sites (tertiary alicyclic amines) is 1. The summed E-state index contributed by atoms with van der Waals surface area (Å²) in [6.07, 6.45) is 2.42. The molecule has 0 radical (unpaired) electrons. The number of anilines is 1. The average molecular weight is 402 g/mol. The van der Waals surface area contributed by atoms with Crippen LogP contribution in [0.2, 0.25) is 5.02 Å². The number of carbonyl (C=O) groups is 1. The van der Waals surface area contributed by atoms with E-state index in [-0.39, 0.29) is 18.6 Å². The molecule has 1 aliphatic rings. The smallest absolute Gasteiger partial charge is 0.258 e. The Morgan fingerprint density at radius 2 is 1.75 bits per heavy atom. The lowest BCUT2D eigenvalue weighted by Gasteiger charge is -2.28. The van der Waals surface area contributed by atoms with Crippen molar-refractivity contribution in [3.05, 3.63) is 59.1 Å². The topological polar surface area (TPSA) is 44.8 Å². The van der Waals surface area contributed by atoms with E-state index in [0.717, 1.165) is 13.1 Å². The highest BCUT2D eigenvalue weighted by Crippen LogP contribution is 2.26. The maximum atomic E-state index is 12.3. The molecule has 1 saturated heterocycles. The van der Waals surface area contributed by atoms with Crippen LogP contribution in [0, 0.1) is 0 Å². The Kier molecular flexibility index (Phi) is 7.18. The van der Waals surface area contributed by atoms with Crippen LogP contribution in [0.3, 0.4) is 0 Å². The van der Waals surface area contributed by atoms with Crippen molar-refractivity contribution in [2.75, 3.05) is 45.2 Å². The molecule has 0 spiro atoms. The molecule has 28 heavy (non-hydrogen) atoms. The molecule has 1 fully saturated rings. The van der Waals surface area contributed by atoms with Crippen LogP contribution < -0.4 is 15.0 Å². The summed E-state index contributed by atoms with van der Waals surface area (Å²) in [7, 11) is 4.07. The molecule has 1 atom stereocenters. The third-order valence-corrected chi connectivity index (χ3v) is 5.30. The summed E-state index contributed by atoms with van der Waals surface area (Å²) in [5.41, 5.74) is 2.40. The Balaban J connectivity index is 1.58. The SMILES string of the molecule is CN(C)c1ccc([C@@H](CNC(=O)COc2ccc(Cl)cc2)N2CCCC2)cc1. The van der Waals surface area contributed by atoms with Gasteiger partial charge in [-0.25, -0.2) is 0 Å². The molecule has 5 nitrogen and oxygen atoms in total. The first-order valence-electron chi connectivity index (χ1n) is 9.69. The predicted molar refractivity (Wildman–Crippen MR) is 114 cm³/mol. The molecule has 6 heteroatoms. The van der Waals surface area contributed by atoms with E-state index in [9.17, 15) is 4.79 Å². The first-order chi connectivity index (χ1) is 13.5. The van der Waals surface area contributed by atoms with E-state index < -0.39 is 0 Å². The number of rotatable bonds is 8. The van der Waals surface area contributed by atoms with Crippen molar-refractivity contribution in [1.29, 1.82) is 0 Å². The van der Waals surface area contributed by atoms with Gasteiger partial charge in [-0.15, -0.1) is 0 Å². The second-order valence-electron chi connectivity index (χ2n) is 7.29. The summed E-state index contributed by atoms with van der Waals surface area (Å²) in [5, 5.41) is 3.68. The van der Waals surface area contributed by atoms with Crippen molar-refractivity contribution in [1.82, 2.24) is 10.2 Å². The number of halogens is 1. The Hall–Kier alpha value is -2.24. The largest absolute Gasteiger partial charge is 0.484 e. The molecule has 1 aliphatic heterocycles. The molecular weight excluding hydrogens is 374 g/mol. The third-order valence-electron chi connectivity index (χ3n) is 5.05. The van der Waals surface area contributed by atoms with Gasteiger partial charge in [-0.1, -0.05) is 23.7 Å². The fraction of sp³-hybridized carbons (Fsp3) is 0.409. The Labute approximate surface area is 172 Å². The lowest BCUT2D eigenvalue weighted by Crippen LogP contribution is -2.38. The number of carbonyl (C=O) groups excluding carboxylic acids is 1. The van der Waals surface area contributed by atoms with Gasteiger partial charge < -0.3 is 15.0 Å². The summed E-state index contributed by atoms with van der Waals surface area (Å²) in [6.45, 7) is 2.70. The van der Waals surface area contributed by atoms with Gasteiger partial charge in [0.2, 0.25) is 0 Å². The van der Waals surface area contributed by atoms with Crippen LogP contribution in [0.15, 0.2) is 48.5 Å². The standard InChI is InChI=1S/C22H28ClN3O2/c1-25(2)19-9-5-17(6-10-19)21(26-13-3-4-14-26)15-24-22(27)16-28-20-11-7-18(23)8-12-20/h5-12,21H,3-4,13-16H2,1-2H3,(H,24,27)/t21-/m1/s1. The van der Waals surface area contributed by atoms with Crippen LogP contribution in [0.25, 0.3) is 0 Å². The van der Waals surface area contributed by atoms with Gasteiger partial charge in [0, 0.05) is 31.4 Å². The van der Waals surface area contributed by atoms with Crippen LogP contribution in [0.5, 0.6) is 5.75 Å². The van der Waals surface area contributed by atoms with Gasteiger partial charge >= 0.3 is 0 Å². The van der Waals surface area contributed by atoms with E-state index in [2.05, 4.69) is 39.4 Å². The molecule has 0 aromatic heterocycles. The number of hydrogen-bond acceptors (Lipinski definition) is 4. The summed E-state index contributed by atoms with van der Waals surface area (Å²) in [5.74, 6) is 0.513. The van der Waals surface area contributed by atoms with Crippen molar-refractivity contribution < 1.29 is 9.53 Å². The zero-order valence-electron chi connectivity index (χ0n) is 16.5. The van der Waals surface area contributed by atoms with Crippen LogP contribution in [0.4, 0.5) is 5.69 Å². The van der Waals surface area contributed by atoms with Crippen LogP contribution in [0.1, 0.15) is 24.4 Å². The first-order valence-corrected chi connectivity index (χ1v) is 10.1. The molecule has 0 aliphatic carbocycles. The fourth-order valence-corrected chi connectivity index (χ4v) is 3.57. The zero-order chi connectivity index (χ0) is 19.9. The van der Waals surface area contributed by atoms with Gasteiger partial charge in [0.15, 0.2) is 6.61 Å². The van der Waals surface area contributed by atoms with Crippen LogP contribution >= 0.6 is 11.6 Å². The monoisotopic (exact) mass is 401 g/mol. The highest BCUT2D eigenvalue weighted by atomic mass is 35.5. The van der Waals surface area contributed by atoms with Crippen molar-refractivity contribution in [3.8, 4) is 5.75 Å². The van der Waals surface area contributed by atoms with E-state index in [4.69, 9.17) is 16.3 Å². The van der Waals surface area contributed by atoms with Crippen LogP contribution in [-0.2, 0) is 4.79 Å². The maximum Gasteiger partial charge on any atom is 0.258 e. The lowest BCUT2D eigenvalue weighted by molar-refractivity contribution is -0.123. The van der Waals surface area contributed by atoms with Gasteiger partial charge in [0.05, 0.1) is 6.04 Å². The number of ether oxygens (including phenoxy) is 1.